The first kappa shape index (κ1) is 18.9. The molecule has 1 saturated heterocycles. The Labute approximate surface area is 132 Å². The minimum atomic E-state index is -3.07. The van der Waals surface area contributed by atoms with Gasteiger partial charge in [0.05, 0.1) is 18.1 Å². The average Bonchev–Trinajstić information content (AvgIpc) is 2.85. The highest BCUT2D eigenvalue weighted by atomic mass is 32.2. The van der Waals surface area contributed by atoms with E-state index in [1.54, 1.807) is 18.7 Å². The van der Waals surface area contributed by atoms with Crippen molar-refractivity contribution in [1.29, 1.82) is 0 Å². The fourth-order valence-corrected chi connectivity index (χ4v) is 4.40. The van der Waals surface area contributed by atoms with Crippen molar-refractivity contribution < 1.29 is 23.1 Å². The van der Waals surface area contributed by atoms with E-state index in [1.807, 2.05) is 0 Å². The van der Waals surface area contributed by atoms with Crippen LogP contribution in [-0.2, 0) is 19.4 Å². The molecule has 7 nitrogen and oxygen atoms in total. The molecule has 0 radical (unpaired) electrons. The number of aliphatic hydroxyl groups excluding tert-OH is 1. The topological polar surface area (TPSA) is 95.0 Å². The summed E-state index contributed by atoms with van der Waals surface area (Å²) in [4.78, 5) is 27.0. The summed E-state index contributed by atoms with van der Waals surface area (Å²) in [7, 11) is -3.07. The van der Waals surface area contributed by atoms with Gasteiger partial charge in [-0.1, -0.05) is 13.8 Å². The number of aliphatic hydroxyl groups is 1. The maximum Gasteiger partial charge on any atom is 0.222 e. The fraction of sp³-hybridized carbons (Fsp3) is 0.857. The Morgan fingerprint density at radius 1 is 1.09 bits per heavy atom. The van der Waals surface area contributed by atoms with Gasteiger partial charge < -0.3 is 14.9 Å². The Bertz CT molecular complexity index is 491. The molecule has 22 heavy (non-hydrogen) atoms. The van der Waals surface area contributed by atoms with E-state index in [9.17, 15) is 18.0 Å². The number of carbonyl (C=O) groups is 2. The molecule has 0 bridgehead atoms. The van der Waals surface area contributed by atoms with E-state index in [1.165, 1.54) is 4.90 Å². The van der Waals surface area contributed by atoms with Crippen LogP contribution < -0.4 is 0 Å². The summed E-state index contributed by atoms with van der Waals surface area (Å²) in [5.41, 5.74) is 0. The molecule has 1 fully saturated rings. The molecule has 8 heteroatoms. The minimum Gasteiger partial charge on any atom is -0.395 e. The second kappa shape index (κ2) is 8.47. The molecule has 1 unspecified atom stereocenters. The molecule has 0 spiro atoms. The largest absolute Gasteiger partial charge is 0.395 e. The molecular weight excluding hydrogens is 308 g/mol. The first-order valence-corrected chi connectivity index (χ1v) is 9.55. The average molecular weight is 334 g/mol. The van der Waals surface area contributed by atoms with Gasteiger partial charge in [0, 0.05) is 38.5 Å². The van der Waals surface area contributed by atoms with Crippen LogP contribution in [0.2, 0.25) is 0 Å². The zero-order valence-electron chi connectivity index (χ0n) is 13.3. The van der Waals surface area contributed by atoms with Crippen LogP contribution in [0.5, 0.6) is 0 Å². The number of hydrogen-bond acceptors (Lipinski definition) is 5. The maximum atomic E-state index is 12.1. The van der Waals surface area contributed by atoms with Gasteiger partial charge >= 0.3 is 0 Å². The number of rotatable bonds is 8. The third kappa shape index (κ3) is 5.24. The highest BCUT2D eigenvalue weighted by Gasteiger charge is 2.34. The molecule has 0 aromatic rings. The third-order valence-corrected chi connectivity index (χ3v) is 5.66. The van der Waals surface area contributed by atoms with Crippen LogP contribution in [0.25, 0.3) is 0 Å². The molecule has 0 aromatic heterocycles. The molecule has 1 N–H and O–H groups in total. The molecule has 1 aliphatic heterocycles. The zero-order chi connectivity index (χ0) is 16.8. The van der Waals surface area contributed by atoms with E-state index in [-0.39, 0.29) is 42.5 Å². The second-order valence-electron chi connectivity index (χ2n) is 5.46. The van der Waals surface area contributed by atoms with Crippen molar-refractivity contribution in [2.75, 3.05) is 37.7 Å². The molecule has 1 rings (SSSR count). The lowest BCUT2D eigenvalue weighted by Crippen LogP contribution is -2.46. The van der Waals surface area contributed by atoms with Gasteiger partial charge in [-0.25, -0.2) is 8.42 Å². The highest BCUT2D eigenvalue weighted by molar-refractivity contribution is 7.91. The van der Waals surface area contributed by atoms with Gasteiger partial charge in [0.25, 0.3) is 0 Å². The Morgan fingerprint density at radius 2 is 1.73 bits per heavy atom. The summed E-state index contributed by atoms with van der Waals surface area (Å²) in [6.45, 7) is 4.19. The first-order valence-electron chi connectivity index (χ1n) is 7.73. The quantitative estimate of drug-likeness (QED) is 0.654. The summed E-state index contributed by atoms with van der Waals surface area (Å²) in [6, 6.07) is -0.301. The predicted molar refractivity (Wildman–Crippen MR) is 83.0 cm³/mol. The Balaban J connectivity index is 2.73. The van der Waals surface area contributed by atoms with Crippen LogP contribution in [0.15, 0.2) is 0 Å². The summed E-state index contributed by atoms with van der Waals surface area (Å²) in [6.07, 6.45) is 1.09. The first-order chi connectivity index (χ1) is 10.3. The van der Waals surface area contributed by atoms with Crippen LogP contribution in [0, 0.1) is 0 Å². The van der Waals surface area contributed by atoms with Gasteiger partial charge in [-0.3, -0.25) is 9.59 Å². The molecule has 0 aliphatic carbocycles. The van der Waals surface area contributed by atoms with Crippen LogP contribution in [-0.4, -0.2) is 78.9 Å². The van der Waals surface area contributed by atoms with Crippen molar-refractivity contribution >= 4 is 21.7 Å². The van der Waals surface area contributed by atoms with Crippen molar-refractivity contribution in [3.63, 3.8) is 0 Å². The lowest BCUT2D eigenvalue weighted by atomic mass is 10.2. The molecular formula is C14H26N2O5S. The Kier molecular flexibility index (Phi) is 7.28. The number of carbonyl (C=O) groups excluding carboxylic acids is 2. The Hall–Kier alpha value is -1.15. The third-order valence-electron chi connectivity index (χ3n) is 3.91. The number of hydrogen-bond donors (Lipinski definition) is 1. The molecule has 0 aromatic carbocycles. The smallest absolute Gasteiger partial charge is 0.222 e. The fourth-order valence-electron chi connectivity index (χ4n) is 2.67. The van der Waals surface area contributed by atoms with Crippen LogP contribution in [0.3, 0.4) is 0 Å². The van der Waals surface area contributed by atoms with Crippen LogP contribution in [0.1, 0.15) is 33.1 Å². The highest BCUT2D eigenvalue weighted by Crippen LogP contribution is 2.18. The SMILES string of the molecule is CCC(=O)N(CCO)CCN(C(=O)CC)C1CCS(=O)(=O)C1. The summed E-state index contributed by atoms with van der Waals surface area (Å²) < 4.78 is 23.2. The van der Waals surface area contributed by atoms with Gasteiger partial charge in [-0.2, -0.15) is 0 Å². The predicted octanol–water partition coefficient (Wildman–Crippen LogP) is -0.357. The van der Waals surface area contributed by atoms with E-state index in [2.05, 4.69) is 0 Å². The Morgan fingerprint density at radius 3 is 2.18 bits per heavy atom. The molecule has 2 amide bonds. The van der Waals surface area contributed by atoms with Crippen molar-refractivity contribution in [1.82, 2.24) is 9.80 Å². The monoisotopic (exact) mass is 334 g/mol. The molecule has 0 saturated carbocycles. The van der Waals surface area contributed by atoms with Crippen molar-refractivity contribution in [3.05, 3.63) is 0 Å². The number of nitrogens with zero attached hydrogens (tertiary/aromatic N) is 2. The van der Waals surface area contributed by atoms with E-state index < -0.39 is 9.84 Å². The normalized spacial score (nSPS) is 19.9. The molecule has 1 aliphatic rings. The molecule has 1 heterocycles. The zero-order valence-corrected chi connectivity index (χ0v) is 14.1. The van der Waals surface area contributed by atoms with Gasteiger partial charge in [0.2, 0.25) is 11.8 Å². The van der Waals surface area contributed by atoms with E-state index in [4.69, 9.17) is 5.11 Å². The van der Waals surface area contributed by atoms with E-state index >= 15 is 0 Å². The van der Waals surface area contributed by atoms with Crippen molar-refractivity contribution in [2.24, 2.45) is 0 Å². The standard InChI is InChI=1S/C14H26N2O5S/c1-3-13(18)15(8-9-17)6-7-16(14(19)4-2)12-5-10-22(20,21)11-12/h12,17H,3-11H2,1-2H3. The second-order valence-corrected chi connectivity index (χ2v) is 7.68. The van der Waals surface area contributed by atoms with Gasteiger partial charge in [0.1, 0.15) is 0 Å². The van der Waals surface area contributed by atoms with Crippen LogP contribution >= 0.6 is 0 Å². The van der Waals surface area contributed by atoms with Crippen molar-refractivity contribution in [3.8, 4) is 0 Å². The van der Waals surface area contributed by atoms with Gasteiger partial charge in [0.15, 0.2) is 9.84 Å². The molecule has 128 valence electrons. The number of amides is 2. The summed E-state index contributed by atoms with van der Waals surface area (Å²) in [5.74, 6) is -0.0770. The maximum absolute atomic E-state index is 12.1. The van der Waals surface area contributed by atoms with E-state index in [0.717, 1.165) is 0 Å². The van der Waals surface area contributed by atoms with Gasteiger partial charge in [-0.05, 0) is 6.42 Å². The van der Waals surface area contributed by atoms with Crippen molar-refractivity contribution in [2.45, 2.75) is 39.2 Å². The summed E-state index contributed by atoms with van der Waals surface area (Å²) in [5, 5.41) is 9.03. The molecule has 1 atom stereocenters. The lowest BCUT2D eigenvalue weighted by Gasteiger charge is -2.31. The van der Waals surface area contributed by atoms with Gasteiger partial charge in [-0.15, -0.1) is 0 Å². The van der Waals surface area contributed by atoms with Crippen LogP contribution in [0.4, 0.5) is 0 Å². The summed E-state index contributed by atoms with van der Waals surface area (Å²) >= 11 is 0. The number of sulfone groups is 1. The minimum absolute atomic E-state index is 0.000461. The lowest BCUT2D eigenvalue weighted by molar-refractivity contribution is -0.136. The van der Waals surface area contributed by atoms with E-state index in [0.29, 0.717) is 32.4 Å².